The van der Waals surface area contributed by atoms with Crippen LogP contribution in [0.5, 0.6) is 5.75 Å². The Morgan fingerprint density at radius 3 is 1.90 bits per heavy atom. The van der Waals surface area contributed by atoms with Crippen LogP contribution in [0, 0.1) is 29.1 Å². The summed E-state index contributed by atoms with van der Waals surface area (Å²) in [5, 5.41) is 0. The first-order valence-corrected chi connectivity index (χ1v) is 6.54. The van der Waals surface area contributed by atoms with E-state index in [2.05, 4.69) is 17.4 Å². The van der Waals surface area contributed by atoms with Crippen LogP contribution in [0.1, 0.15) is 19.3 Å². The minimum Gasteiger partial charge on any atom is -0.487 e. The van der Waals surface area contributed by atoms with Gasteiger partial charge in [-0.2, -0.15) is 21.4 Å². The fraction of sp³-hybridized carbons (Fsp3) is 0.500. The highest BCUT2D eigenvalue weighted by molar-refractivity contribution is 7.80. The number of hydrogen-bond acceptors (Lipinski definition) is 3. The molecule has 2 nitrogen and oxygen atoms in total. The summed E-state index contributed by atoms with van der Waals surface area (Å²) in [6.45, 7) is -0.169. The number of hydrogen-bond donors (Lipinski definition) is 2. The van der Waals surface area contributed by atoms with E-state index < -0.39 is 34.8 Å². The molecule has 2 N–H and O–H groups in total. The summed E-state index contributed by atoms with van der Waals surface area (Å²) in [5.41, 5.74) is 5.59. The topological polar surface area (TPSA) is 35.2 Å². The molecule has 0 amide bonds. The van der Waals surface area contributed by atoms with Crippen molar-refractivity contribution in [2.45, 2.75) is 25.3 Å². The average molecular weight is 315 g/mol. The maximum atomic E-state index is 13.2. The smallest absolute Gasteiger partial charge is 0.206 e. The second-order valence-corrected chi connectivity index (χ2v) is 4.55. The van der Waals surface area contributed by atoms with Crippen molar-refractivity contribution >= 4 is 12.6 Å². The molecular formula is C12H14F5NOS. The molecular weight excluding hydrogens is 301 g/mol. The molecule has 8 heteroatoms. The fourth-order valence-electron chi connectivity index (χ4n) is 1.49. The molecule has 1 atom stereocenters. The molecule has 0 saturated carbocycles. The zero-order chi connectivity index (χ0) is 15.3. The molecule has 20 heavy (non-hydrogen) atoms. The zero-order valence-corrected chi connectivity index (χ0v) is 11.3. The average Bonchev–Trinajstić information content (AvgIpc) is 2.45. The van der Waals surface area contributed by atoms with Gasteiger partial charge in [0.2, 0.25) is 29.1 Å². The molecule has 0 radical (unpaired) electrons. The quantitative estimate of drug-likeness (QED) is 0.266. The van der Waals surface area contributed by atoms with Crippen LogP contribution in [0.3, 0.4) is 0 Å². The second kappa shape index (κ2) is 7.68. The lowest BCUT2D eigenvalue weighted by Gasteiger charge is -2.11. The van der Waals surface area contributed by atoms with E-state index in [-0.39, 0.29) is 12.6 Å². The molecule has 0 heterocycles. The molecule has 0 aliphatic carbocycles. The fourth-order valence-corrected chi connectivity index (χ4v) is 1.67. The van der Waals surface area contributed by atoms with E-state index in [1.807, 2.05) is 0 Å². The molecule has 0 fully saturated rings. The van der Waals surface area contributed by atoms with E-state index in [1.54, 1.807) is 0 Å². The van der Waals surface area contributed by atoms with E-state index in [0.717, 1.165) is 0 Å². The number of rotatable bonds is 7. The molecule has 0 aliphatic heterocycles. The van der Waals surface area contributed by atoms with Crippen LogP contribution in [0.25, 0.3) is 0 Å². The van der Waals surface area contributed by atoms with Gasteiger partial charge in [-0.15, -0.1) is 0 Å². The van der Waals surface area contributed by atoms with Gasteiger partial charge in [0.1, 0.15) is 0 Å². The number of nitrogens with two attached hydrogens (primary N) is 1. The van der Waals surface area contributed by atoms with Crippen molar-refractivity contribution < 1.29 is 26.7 Å². The lowest BCUT2D eigenvalue weighted by molar-refractivity contribution is 0.255. The minimum absolute atomic E-state index is 0.104. The SMILES string of the molecule is NC(CS)CCCCOc1c(F)c(F)c(F)c(F)c1F. The molecule has 1 rings (SSSR count). The van der Waals surface area contributed by atoms with Crippen LogP contribution < -0.4 is 10.5 Å². The number of thiol groups is 1. The minimum atomic E-state index is -2.20. The van der Waals surface area contributed by atoms with E-state index in [4.69, 9.17) is 5.73 Å². The first-order valence-electron chi connectivity index (χ1n) is 5.90. The molecule has 0 saturated heterocycles. The molecule has 1 aromatic carbocycles. The van der Waals surface area contributed by atoms with E-state index in [0.29, 0.717) is 25.0 Å². The summed E-state index contributed by atoms with van der Waals surface area (Å²) in [4.78, 5) is 0. The number of ether oxygens (including phenoxy) is 1. The van der Waals surface area contributed by atoms with Gasteiger partial charge in [0, 0.05) is 11.8 Å². The van der Waals surface area contributed by atoms with Gasteiger partial charge in [0.25, 0.3) is 0 Å². The summed E-state index contributed by atoms with van der Waals surface area (Å²) < 4.78 is 69.6. The molecule has 1 aromatic rings. The monoisotopic (exact) mass is 315 g/mol. The van der Waals surface area contributed by atoms with Crippen LogP contribution >= 0.6 is 12.6 Å². The van der Waals surface area contributed by atoms with Crippen molar-refractivity contribution in [2.75, 3.05) is 12.4 Å². The standard InChI is InChI=1S/C12H14F5NOS/c13-7-8(14)10(16)12(11(17)9(7)15)19-4-2-1-3-6(18)5-20/h6,20H,1-5,18H2. The lowest BCUT2D eigenvalue weighted by atomic mass is 10.1. The summed E-state index contributed by atoms with van der Waals surface area (Å²) in [7, 11) is 0. The summed E-state index contributed by atoms with van der Waals surface area (Å²) in [6, 6.07) is -0.104. The van der Waals surface area contributed by atoms with Crippen LogP contribution in [-0.2, 0) is 0 Å². The molecule has 0 aromatic heterocycles. The van der Waals surface area contributed by atoms with Gasteiger partial charge in [-0.1, -0.05) is 0 Å². The van der Waals surface area contributed by atoms with E-state index >= 15 is 0 Å². The van der Waals surface area contributed by atoms with Crippen LogP contribution in [-0.4, -0.2) is 18.4 Å². The van der Waals surface area contributed by atoms with E-state index in [1.165, 1.54) is 0 Å². The van der Waals surface area contributed by atoms with Crippen molar-refractivity contribution in [3.05, 3.63) is 29.1 Å². The predicted octanol–water partition coefficient (Wildman–Crippen LogP) is 3.19. The highest BCUT2D eigenvalue weighted by Crippen LogP contribution is 2.29. The van der Waals surface area contributed by atoms with Crippen molar-refractivity contribution in [2.24, 2.45) is 5.73 Å². The lowest BCUT2D eigenvalue weighted by Crippen LogP contribution is -2.21. The zero-order valence-electron chi connectivity index (χ0n) is 10.4. The Bertz CT molecular complexity index is 443. The molecule has 0 spiro atoms. The van der Waals surface area contributed by atoms with Crippen LogP contribution in [0.2, 0.25) is 0 Å². The highest BCUT2D eigenvalue weighted by Gasteiger charge is 2.26. The Labute approximate surface area is 118 Å². The van der Waals surface area contributed by atoms with Crippen LogP contribution in [0.4, 0.5) is 22.0 Å². The number of unbranched alkanes of at least 4 members (excludes halogenated alkanes) is 1. The first kappa shape index (κ1) is 17.0. The van der Waals surface area contributed by atoms with Gasteiger partial charge in [0.05, 0.1) is 6.61 Å². The van der Waals surface area contributed by atoms with Crippen molar-refractivity contribution in [3.8, 4) is 5.75 Å². The van der Waals surface area contributed by atoms with Crippen molar-refractivity contribution in [1.29, 1.82) is 0 Å². The van der Waals surface area contributed by atoms with Gasteiger partial charge < -0.3 is 10.5 Å². The summed E-state index contributed by atoms with van der Waals surface area (Å²) in [5.74, 6) is -10.9. The maximum absolute atomic E-state index is 13.2. The Balaban J connectivity index is 2.61. The van der Waals surface area contributed by atoms with E-state index in [9.17, 15) is 22.0 Å². The number of benzene rings is 1. The van der Waals surface area contributed by atoms with Crippen LogP contribution in [0.15, 0.2) is 0 Å². The largest absolute Gasteiger partial charge is 0.487 e. The van der Waals surface area contributed by atoms with Gasteiger partial charge in [-0.05, 0) is 19.3 Å². The Morgan fingerprint density at radius 1 is 0.900 bits per heavy atom. The Hall–Kier alpha value is -1.02. The highest BCUT2D eigenvalue weighted by atomic mass is 32.1. The normalized spacial score (nSPS) is 12.6. The van der Waals surface area contributed by atoms with Crippen molar-refractivity contribution in [1.82, 2.24) is 0 Å². The summed E-state index contributed by atoms with van der Waals surface area (Å²) >= 11 is 3.98. The van der Waals surface area contributed by atoms with Crippen molar-refractivity contribution in [3.63, 3.8) is 0 Å². The van der Waals surface area contributed by atoms with Gasteiger partial charge >= 0.3 is 0 Å². The molecule has 1 unspecified atom stereocenters. The summed E-state index contributed by atoms with van der Waals surface area (Å²) in [6.07, 6.45) is 1.60. The first-order chi connectivity index (χ1) is 9.40. The van der Waals surface area contributed by atoms with Gasteiger partial charge in [0.15, 0.2) is 5.75 Å². The maximum Gasteiger partial charge on any atom is 0.206 e. The Kier molecular flexibility index (Phi) is 6.54. The third kappa shape index (κ3) is 3.99. The molecule has 114 valence electrons. The second-order valence-electron chi connectivity index (χ2n) is 4.19. The third-order valence-electron chi connectivity index (χ3n) is 2.62. The van der Waals surface area contributed by atoms with Gasteiger partial charge in [-0.25, -0.2) is 13.2 Å². The molecule has 0 aliphatic rings. The Morgan fingerprint density at radius 2 is 1.40 bits per heavy atom. The third-order valence-corrected chi connectivity index (χ3v) is 3.09. The van der Waals surface area contributed by atoms with Gasteiger partial charge in [-0.3, -0.25) is 0 Å². The molecule has 0 bridgehead atoms. The number of halogens is 5. The predicted molar refractivity (Wildman–Crippen MR) is 67.4 cm³/mol.